The molecule has 0 fully saturated rings. The summed E-state index contributed by atoms with van der Waals surface area (Å²) in [5, 5.41) is 9.41. The van der Waals surface area contributed by atoms with E-state index in [-0.39, 0.29) is 17.2 Å². The van der Waals surface area contributed by atoms with Crippen LogP contribution in [0.15, 0.2) is 59.1 Å². The third kappa shape index (κ3) is 2.81. The maximum absolute atomic E-state index is 14.0. The van der Waals surface area contributed by atoms with Crippen LogP contribution in [-0.4, -0.2) is 4.98 Å². The molecule has 0 atom stereocenters. The van der Waals surface area contributed by atoms with Gasteiger partial charge >= 0.3 is 0 Å². The molecule has 0 saturated carbocycles. The van der Waals surface area contributed by atoms with Crippen LogP contribution in [0.5, 0.6) is 0 Å². The number of rotatable bonds is 2. The van der Waals surface area contributed by atoms with Gasteiger partial charge in [0, 0.05) is 15.6 Å². The van der Waals surface area contributed by atoms with E-state index in [1.165, 1.54) is 6.07 Å². The zero-order valence-electron chi connectivity index (χ0n) is 11.9. The highest BCUT2D eigenvalue weighted by Gasteiger charge is 2.16. The van der Waals surface area contributed by atoms with Gasteiger partial charge < -0.3 is 5.73 Å². The molecular weight excluding hydrogens is 357 g/mol. The number of aromatic nitrogens is 1. The molecule has 112 valence electrons. The third-order valence-corrected chi connectivity index (χ3v) is 4.16. The van der Waals surface area contributed by atoms with Crippen molar-refractivity contribution in [3.05, 3.63) is 70.5 Å². The SMILES string of the molecule is N#Cc1c(-c2ccccc2Br)cc(-c2ccccc2F)nc1N. The summed E-state index contributed by atoms with van der Waals surface area (Å²) in [4.78, 5) is 4.19. The predicted octanol–water partition coefficient (Wildman–Crippen LogP) is 4.77. The number of nitrogen functional groups attached to an aromatic ring is 1. The Hall–Kier alpha value is -2.71. The van der Waals surface area contributed by atoms with Gasteiger partial charge in [-0.3, -0.25) is 0 Å². The highest BCUT2D eigenvalue weighted by atomic mass is 79.9. The molecule has 1 aromatic heterocycles. The molecule has 0 amide bonds. The van der Waals surface area contributed by atoms with Gasteiger partial charge in [-0.1, -0.05) is 46.3 Å². The molecule has 2 aromatic carbocycles. The molecule has 0 aliphatic rings. The van der Waals surface area contributed by atoms with E-state index < -0.39 is 0 Å². The number of nitrogens with zero attached hydrogens (tertiary/aromatic N) is 2. The van der Waals surface area contributed by atoms with Crippen molar-refractivity contribution in [2.75, 3.05) is 5.73 Å². The zero-order valence-corrected chi connectivity index (χ0v) is 13.5. The first-order chi connectivity index (χ1) is 11.1. The van der Waals surface area contributed by atoms with Crippen LogP contribution in [0.2, 0.25) is 0 Å². The van der Waals surface area contributed by atoms with E-state index >= 15 is 0 Å². The number of nitrogens with two attached hydrogens (primary N) is 1. The summed E-state index contributed by atoms with van der Waals surface area (Å²) in [5.74, 6) is -0.304. The van der Waals surface area contributed by atoms with Gasteiger partial charge in [-0.15, -0.1) is 0 Å². The lowest BCUT2D eigenvalue weighted by Crippen LogP contribution is -2.00. The summed E-state index contributed by atoms with van der Waals surface area (Å²) < 4.78 is 14.9. The Morgan fingerprint density at radius 2 is 1.65 bits per heavy atom. The van der Waals surface area contributed by atoms with Gasteiger partial charge in [0.1, 0.15) is 23.3 Å². The Bertz CT molecular complexity index is 932. The number of benzene rings is 2. The Balaban J connectivity index is 2.30. The van der Waals surface area contributed by atoms with Crippen molar-refractivity contribution in [2.24, 2.45) is 0 Å². The molecule has 0 unspecified atom stereocenters. The molecule has 1 heterocycles. The van der Waals surface area contributed by atoms with Gasteiger partial charge in [-0.25, -0.2) is 9.37 Å². The average Bonchev–Trinajstić information content (AvgIpc) is 2.55. The van der Waals surface area contributed by atoms with Crippen molar-refractivity contribution in [2.45, 2.75) is 0 Å². The van der Waals surface area contributed by atoms with E-state index in [4.69, 9.17) is 5.73 Å². The molecular formula is C18H11BrFN3. The number of pyridine rings is 1. The third-order valence-electron chi connectivity index (χ3n) is 3.47. The first-order valence-electron chi connectivity index (χ1n) is 6.82. The minimum absolute atomic E-state index is 0.0824. The standard InChI is InChI=1S/C18H11BrFN3/c19-15-7-3-1-5-11(15)13-9-17(23-18(22)14(13)10-21)12-6-2-4-8-16(12)20/h1-9H,(H2,22,23). The lowest BCUT2D eigenvalue weighted by atomic mass is 9.98. The summed E-state index contributed by atoms with van der Waals surface area (Å²) in [5.41, 5.74) is 8.37. The number of nitriles is 1. The summed E-state index contributed by atoms with van der Waals surface area (Å²) in [6.45, 7) is 0. The Morgan fingerprint density at radius 3 is 2.30 bits per heavy atom. The molecule has 3 nitrogen and oxygen atoms in total. The van der Waals surface area contributed by atoms with Crippen molar-refractivity contribution in [3.63, 3.8) is 0 Å². The molecule has 0 aliphatic heterocycles. The second-order valence-electron chi connectivity index (χ2n) is 4.89. The van der Waals surface area contributed by atoms with Crippen molar-refractivity contribution in [3.8, 4) is 28.5 Å². The van der Waals surface area contributed by atoms with Crippen LogP contribution >= 0.6 is 15.9 Å². The van der Waals surface area contributed by atoms with E-state index in [0.29, 0.717) is 16.8 Å². The number of anilines is 1. The van der Waals surface area contributed by atoms with Crippen LogP contribution < -0.4 is 5.73 Å². The topological polar surface area (TPSA) is 62.7 Å². The number of halogens is 2. The molecule has 23 heavy (non-hydrogen) atoms. The van der Waals surface area contributed by atoms with Gasteiger partial charge in [0.25, 0.3) is 0 Å². The first-order valence-corrected chi connectivity index (χ1v) is 7.61. The summed E-state index contributed by atoms with van der Waals surface area (Å²) in [7, 11) is 0. The normalized spacial score (nSPS) is 10.3. The van der Waals surface area contributed by atoms with Crippen molar-refractivity contribution in [1.29, 1.82) is 5.26 Å². The van der Waals surface area contributed by atoms with Crippen LogP contribution in [0.3, 0.4) is 0 Å². The van der Waals surface area contributed by atoms with E-state index in [1.807, 2.05) is 24.3 Å². The van der Waals surface area contributed by atoms with Crippen LogP contribution in [0.4, 0.5) is 10.2 Å². The van der Waals surface area contributed by atoms with Crippen molar-refractivity contribution < 1.29 is 4.39 Å². The Kier molecular flexibility index (Phi) is 4.09. The van der Waals surface area contributed by atoms with Gasteiger partial charge in [-0.05, 0) is 29.8 Å². The minimum atomic E-state index is -0.387. The average molecular weight is 368 g/mol. The Morgan fingerprint density at radius 1 is 1.00 bits per heavy atom. The summed E-state index contributed by atoms with van der Waals surface area (Å²) in [6.07, 6.45) is 0. The van der Waals surface area contributed by atoms with Gasteiger partial charge in [0.05, 0.1) is 5.69 Å². The molecule has 3 aromatic rings. The van der Waals surface area contributed by atoms with Crippen molar-refractivity contribution in [1.82, 2.24) is 4.98 Å². The van der Waals surface area contributed by atoms with Crippen molar-refractivity contribution >= 4 is 21.7 Å². The van der Waals surface area contributed by atoms with Gasteiger partial charge in [0.15, 0.2) is 0 Å². The summed E-state index contributed by atoms with van der Waals surface area (Å²) in [6, 6.07) is 17.6. The quantitative estimate of drug-likeness (QED) is 0.709. The smallest absolute Gasteiger partial charge is 0.142 e. The number of hydrogen-bond acceptors (Lipinski definition) is 3. The second-order valence-corrected chi connectivity index (χ2v) is 5.74. The summed E-state index contributed by atoms with van der Waals surface area (Å²) >= 11 is 3.47. The molecule has 3 rings (SSSR count). The fraction of sp³-hybridized carbons (Fsp3) is 0. The van der Waals surface area contributed by atoms with E-state index in [1.54, 1.807) is 24.3 Å². The first kappa shape index (κ1) is 15.2. The fourth-order valence-corrected chi connectivity index (χ4v) is 2.88. The minimum Gasteiger partial charge on any atom is -0.383 e. The molecule has 0 saturated heterocycles. The monoisotopic (exact) mass is 367 g/mol. The number of hydrogen-bond donors (Lipinski definition) is 1. The largest absolute Gasteiger partial charge is 0.383 e. The highest BCUT2D eigenvalue weighted by molar-refractivity contribution is 9.10. The maximum atomic E-state index is 14.0. The lowest BCUT2D eigenvalue weighted by molar-refractivity contribution is 0.631. The molecule has 2 N–H and O–H groups in total. The van der Waals surface area contributed by atoms with Crippen LogP contribution in [-0.2, 0) is 0 Å². The van der Waals surface area contributed by atoms with Crippen LogP contribution in [0.25, 0.3) is 22.4 Å². The maximum Gasteiger partial charge on any atom is 0.142 e. The van der Waals surface area contributed by atoms with Crippen LogP contribution in [0, 0.1) is 17.1 Å². The molecule has 0 radical (unpaired) electrons. The molecule has 0 spiro atoms. The van der Waals surface area contributed by atoms with E-state index in [0.717, 1.165) is 10.0 Å². The fourth-order valence-electron chi connectivity index (χ4n) is 2.38. The molecule has 0 bridgehead atoms. The zero-order chi connectivity index (χ0) is 16.4. The van der Waals surface area contributed by atoms with Crippen LogP contribution in [0.1, 0.15) is 5.56 Å². The van der Waals surface area contributed by atoms with Gasteiger partial charge in [0.2, 0.25) is 0 Å². The predicted molar refractivity (Wildman–Crippen MR) is 91.9 cm³/mol. The van der Waals surface area contributed by atoms with E-state index in [2.05, 4.69) is 27.0 Å². The molecule has 5 heteroatoms. The highest BCUT2D eigenvalue weighted by Crippen LogP contribution is 2.35. The second kappa shape index (κ2) is 6.19. The lowest BCUT2D eigenvalue weighted by Gasteiger charge is -2.12. The van der Waals surface area contributed by atoms with Gasteiger partial charge in [-0.2, -0.15) is 5.26 Å². The molecule has 0 aliphatic carbocycles. The van der Waals surface area contributed by atoms with E-state index in [9.17, 15) is 9.65 Å². The Labute approximate surface area is 141 Å².